The van der Waals surface area contributed by atoms with E-state index in [-0.39, 0.29) is 64.8 Å². The first-order valence-electron chi connectivity index (χ1n) is 44.1. The number of ether oxygens (including phenoxy) is 4. The molecule has 23 rings (SSSR count). The number of aromatic nitrogens is 12. The molecule has 14 heterocycles. The molecule has 9 aromatic carbocycles. The molecule has 4 unspecified atom stereocenters. The first kappa shape index (κ1) is 84.6. The molecule has 10 aliphatic rings. The number of amides is 1. The molecule has 2 saturated heterocycles. The first-order valence-corrected chi connectivity index (χ1v) is 44.1. The van der Waals surface area contributed by atoms with Crippen molar-refractivity contribution in [2.75, 3.05) is 26.2 Å². The molecule has 10 aliphatic heterocycles. The zero-order valence-corrected chi connectivity index (χ0v) is 73.0. The van der Waals surface area contributed by atoms with Gasteiger partial charge in [-0.25, -0.2) is 94.1 Å². The predicted molar refractivity (Wildman–Crippen MR) is 488 cm³/mol. The highest BCUT2D eigenvalue weighted by atomic mass is 16.5. The van der Waals surface area contributed by atoms with Gasteiger partial charge < -0.3 is 49.6 Å². The minimum absolute atomic E-state index is 0.0558. The van der Waals surface area contributed by atoms with Crippen molar-refractivity contribution in [3.63, 3.8) is 0 Å². The normalized spacial score (nSPS) is 19.1. The number of phenols is 4. The molecule has 132 heavy (non-hydrogen) atoms. The number of fused-ring (bicyclic) bond motifs is 22. The second-order valence-corrected chi connectivity index (χ2v) is 35.5. The summed E-state index contributed by atoms with van der Waals surface area (Å²) in [4.78, 5) is 135. The Hall–Kier alpha value is -15.6. The van der Waals surface area contributed by atoms with Crippen LogP contribution in [0.5, 0.6) is 46.0 Å². The van der Waals surface area contributed by atoms with Gasteiger partial charge in [-0.3, -0.25) is 9.59 Å². The van der Waals surface area contributed by atoms with E-state index in [1.165, 1.54) is 52.5 Å². The molecular weight excluding hydrogens is 1690 g/mol. The number of hydrogen-bond acceptors (Lipinski definition) is 19. The number of allylic oxidation sites excluding steroid dienone is 4. The zero-order chi connectivity index (χ0) is 91.9. The Bertz CT molecular complexity index is 7550. The summed E-state index contributed by atoms with van der Waals surface area (Å²) in [7, 11) is 0. The Balaban J connectivity index is 0.000000110. The van der Waals surface area contributed by atoms with E-state index in [0.29, 0.717) is 108 Å². The number of carbonyl (C=O) groups is 2. The topological polar surface area (TPSA) is 363 Å². The largest absolute Gasteiger partial charge is 0.508 e. The van der Waals surface area contributed by atoms with Crippen molar-refractivity contribution in [2.45, 2.75) is 153 Å². The lowest BCUT2D eigenvalue weighted by Gasteiger charge is -2.49. The molecule has 4 atom stereocenters. The number of phenolic OH excluding ortho intramolecular Hbond substituents is 4. The van der Waals surface area contributed by atoms with Crippen molar-refractivity contribution >= 4 is 11.7 Å². The standard InChI is InChI=1S/C28H23N3O5.C27H28N4O5.C23H22N4O4.C22H21N3O4/c1-28(2)22-14-15-29-26(34)30(19-10-8-18(9-11-19)25(33)17-6-4-3-5-7-17)27(35)31(29)24(22)21-13-12-20(32)16-23(21)36-28;1-2-6-23(33)28-15-12-27(13-16-28)21-11-14-29-25(34)30(18-7-4-3-5-8-18)26(35)31(29)24(21)20-10-9-19(32)17-22(20)36-27;28-16-6-7-17-19(14-16)31-23(9-11-24-12-10-23)18-8-13-25-21(29)26(15-4-2-1-3-5-15)22(30)27(25)20(17)18;1-13-4-6-14(7-5-13)24-20(27)23-11-10-17-19(25(23)21(24)28)16-9-8-15(26)12-18(16)29-22(17,2)3/h3-14,16,24,32H,15H2,1-2H3;3-5,7-11,17,24,32H,2,6,12-16H2,1H3;1-8,14,20,24,28H,9-13H2;4-10,12,19,26H,11H2,1-3H3. The van der Waals surface area contributed by atoms with E-state index in [0.717, 1.165) is 81.5 Å². The van der Waals surface area contributed by atoms with Gasteiger partial charge in [-0.2, -0.15) is 0 Å². The van der Waals surface area contributed by atoms with E-state index in [4.69, 9.17) is 18.9 Å². The summed E-state index contributed by atoms with van der Waals surface area (Å²) in [5, 5.41) is 43.6. The molecule has 5 N–H and O–H groups in total. The van der Waals surface area contributed by atoms with E-state index in [1.54, 1.807) is 168 Å². The van der Waals surface area contributed by atoms with E-state index >= 15 is 0 Å². The quantitative estimate of drug-likeness (QED) is 0.0697. The summed E-state index contributed by atoms with van der Waals surface area (Å²) in [6.45, 7) is 15.4. The van der Waals surface area contributed by atoms with Crippen LogP contribution in [0.3, 0.4) is 0 Å². The van der Waals surface area contributed by atoms with Crippen LogP contribution in [0.15, 0.2) is 297 Å². The van der Waals surface area contributed by atoms with Crippen molar-refractivity contribution in [1.82, 2.24) is 65.9 Å². The van der Waals surface area contributed by atoms with Crippen LogP contribution in [-0.4, -0.2) is 141 Å². The number of rotatable bonds is 8. The highest BCUT2D eigenvalue weighted by Crippen LogP contribution is 2.54. The molecule has 0 saturated carbocycles. The summed E-state index contributed by atoms with van der Waals surface area (Å²) in [6, 6.07) is 58.1. The Morgan fingerprint density at radius 1 is 0.364 bits per heavy atom. The number of likely N-dealkylation sites (tertiary alicyclic amines) is 1. The lowest BCUT2D eigenvalue weighted by Crippen LogP contribution is -2.55. The molecule has 2 spiro atoms. The van der Waals surface area contributed by atoms with Crippen LogP contribution in [0.25, 0.3) is 22.7 Å². The van der Waals surface area contributed by atoms with E-state index in [2.05, 4.69) is 5.32 Å². The van der Waals surface area contributed by atoms with Gasteiger partial charge in [-0.15, -0.1) is 0 Å². The molecular formula is C100H94N14O18. The van der Waals surface area contributed by atoms with Gasteiger partial charge in [0.05, 0.1) is 48.9 Å². The number of para-hydroxylation sites is 2. The van der Waals surface area contributed by atoms with Gasteiger partial charge >= 0.3 is 45.5 Å². The van der Waals surface area contributed by atoms with Gasteiger partial charge in [-0.05, 0) is 174 Å². The average molecular weight is 1780 g/mol. The third-order valence-electron chi connectivity index (χ3n) is 26.8. The lowest BCUT2D eigenvalue weighted by molar-refractivity contribution is -0.134. The second kappa shape index (κ2) is 32.3. The van der Waals surface area contributed by atoms with Crippen molar-refractivity contribution in [2.24, 2.45) is 0 Å². The van der Waals surface area contributed by atoms with Crippen LogP contribution in [0.2, 0.25) is 0 Å². The summed E-state index contributed by atoms with van der Waals surface area (Å²) in [6.07, 6.45) is 11.9. The molecule has 0 radical (unpaired) electrons. The van der Waals surface area contributed by atoms with E-state index in [1.807, 2.05) is 113 Å². The zero-order valence-electron chi connectivity index (χ0n) is 73.0. The van der Waals surface area contributed by atoms with Gasteiger partial charge in [0.1, 0.15) is 92.6 Å². The van der Waals surface area contributed by atoms with Crippen LogP contribution in [0.1, 0.15) is 141 Å². The number of ketones is 1. The number of benzene rings is 9. The molecule has 1 amide bonds. The number of hydrogen-bond donors (Lipinski definition) is 5. The SMILES string of the molecule is CC1(C)Oc2cc(O)ccc2C2C1=CCn1c(=O)n(-c3ccc(C(=O)c4ccccc4)cc3)c(=O)n12.CCCC(=O)N1CCC2(CC1)Oc1cc(O)ccc1C1C2=CCn2c(=O)n(-c3ccccc3)c(=O)n21.Cc1ccc(-n2c(=O)n3n(c2=O)C2C(=CC3)C(C)(C)Oc3cc(O)ccc32)cc1.O=c1n(-c2ccccc2)c(=O)n2n1CC=C1C2c2ccc(O)cc2OC12CCNCC2. The molecule has 13 aromatic rings. The van der Waals surface area contributed by atoms with E-state index in [9.17, 15) is 68.4 Å². The van der Waals surface area contributed by atoms with E-state index < -0.39 is 75.0 Å². The third-order valence-corrected chi connectivity index (χ3v) is 26.8. The smallest absolute Gasteiger partial charge is 0.352 e. The van der Waals surface area contributed by atoms with Crippen LogP contribution in [0.4, 0.5) is 0 Å². The second-order valence-electron chi connectivity index (χ2n) is 35.5. The number of aromatic hydroxyl groups is 4. The van der Waals surface area contributed by atoms with Crippen LogP contribution >= 0.6 is 0 Å². The Kier molecular flexibility index (Phi) is 20.7. The van der Waals surface area contributed by atoms with Crippen LogP contribution < -0.4 is 69.8 Å². The summed E-state index contributed by atoms with van der Waals surface area (Å²) >= 11 is 0. The molecule has 672 valence electrons. The monoisotopic (exact) mass is 1780 g/mol. The van der Waals surface area contributed by atoms with Crippen molar-refractivity contribution in [1.29, 1.82) is 0 Å². The van der Waals surface area contributed by atoms with Crippen molar-refractivity contribution < 1.29 is 49.0 Å². The van der Waals surface area contributed by atoms with Gasteiger partial charge in [-0.1, -0.05) is 116 Å². The number of nitrogens with zero attached hydrogens (tertiary/aromatic N) is 13. The Morgan fingerprint density at radius 3 is 1.02 bits per heavy atom. The third kappa shape index (κ3) is 13.9. The first-order chi connectivity index (χ1) is 63.6. The summed E-state index contributed by atoms with van der Waals surface area (Å²) in [5.41, 5.74) is 4.67. The van der Waals surface area contributed by atoms with Gasteiger partial charge in [0.25, 0.3) is 0 Å². The fourth-order valence-electron chi connectivity index (χ4n) is 20.5. The lowest BCUT2D eigenvalue weighted by atomic mass is 9.75. The number of carbonyl (C=O) groups excluding carboxylic acids is 2. The van der Waals surface area contributed by atoms with Crippen LogP contribution in [0, 0.1) is 6.92 Å². The predicted octanol–water partition coefficient (Wildman–Crippen LogP) is 10.1. The van der Waals surface area contributed by atoms with Gasteiger partial charge in [0.15, 0.2) is 5.78 Å². The van der Waals surface area contributed by atoms with Gasteiger partial charge in [0.2, 0.25) is 5.91 Å². The molecule has 4 aromatic heterocycles. The summed E-state index contributed by atoms with van der Waals surface area (Å²) < 4.78 is 42.0. The fourth-order valence-corrected chi connectivity index (χ4v) is 20.5. The maximum absolute atomic E-state index is 13.8. The molecule has 2 fully saturated rings. The minimum Gasteiger partial charge on any atom is -0.508 e. The van der Waals surface area contributed by atoms with Crippen molar-refractivity contribution in [3.05, 3.63) is 382 Å². The fraction of sp³-hybridized carbons (Fsp3) is 0.280. The number of aryl methyl sites for hydroxylation is 1. The summed E-state index contributed by atoms with van der Waals surface area (Å²) in [5.74, 6) is 2.34. The number of nitrogens with one attached hydrogen (secondary N) is 1. The van der Waals surface area contributed by atoms with Gasteiger partial charge in [0, 0.05) is 114 Å². The van der Waals surface area contributed by atoms with Crippen molar-refractivity contribution in [3.8, 4) is 68.7 Å². The molecule has 0 bridgehead atoms. The van der Waals surface area contributed by atoms with Crippen LogP contribution in [-0.2, 0) is 31.0 Å². The highest BCUT2D eigenvalue weighted by molar-refractivity contribution is 6.09. The molecule has 32 nitrogen and oxygen atoms in total. The number of piperidine rings is 2. The maximum Gasteiger partial charge on any atom is 0.352 e. The average Bonchev–Trinajstić information content (AvgIpc) is 1.45. The molecule has 32 heteroatoms. The Labute approximate surface area is 752 Å². The molecule has 0 aliphatic carbocycles. The maximum atomic E-state index is 13.8. The highest BCUT2D eigenvalue weighted by Gasteiger charge is 2.54. The minimum atomic E-state index is -0.742. The Morgan fingerprint density at radius 2 is 0.667 bits per heavy atom.